The number of nitrogens with one attached hydrogen (secondary N) is 3. The Morgan fingerprint density at radius 1 is 0.923 bits per heavy atom. The highest BCUT2D eigenvalue weighted by molar-refractivity contribution is 7.91. The van der Waals surface area contributed by atoms with Gasteiger partial charge in [0.2, 0.25) is 21.8 Å². The summed E-state index contributed by atoms with van der Waals surface area (Å²) >= 11 is 0. The highest BCUT2D eigenvalue weighted by atomic mass is 32.2. The fourth-order valence-electron chi connectivity index (χ4n) is 8.41. The van der Waals surface area contributed by atoms with E-state index in [-0.39, 0.29) is 25.8 Å². The van der Waals surface area contributed by atoms with Gasteiger partial charge in [0.25, 0.3) is 5.91 Å². The van der Waals surface area contributed by atoms with Crippen LogP contribution in [0.2, 0.25) is 0 Å². The van der Waals surface area contributed by atoms with Crippen molar-refractivity contribution >= 4 is 44.7 Å². The molecule has 1 aromatic heterocycles. The van der Waals surface area contributed by atoms with Crippen LogP contribution in [0.5, 0.6) is 17.2 Å². The third kappa shape index (κ3) is 10.1. The number of hydrogen-bond acceptors (Lipinski definition) is 11. The zero-order valence-electron chi connectivity index (χ0n) is 38.2. The monoisotopic (exact) mass is 909 g/mol. The van der Waals surface area contributed by atoms with Crippen LogP contribution in [0.4, 0.5) is 4.79 Å². The van der Waals surface area contributed by atoms with Crippen LogP contribution < -0.4 is 29.6 Å². The van der Waals surface area contributed by atoms with E-state index in [1.165, 1.54) is 11.0 Å². The third-order valence-corrected chi connectivity index (χ3v) is 14.5. The summed E-state index contributed by atoms with van der Waals surface area (Å²) in [7, 11) is -1.11. The Balaban J connectivity index is 1.19. The molecule has 0 spiro atoms. The molecule has 3 fully saturated rings. The van der Waals surface area contributed by atoms with Crippen molar-refractivity contribution in [3.05, 3.63) is 97.1 Å². The molecule has 7 rings (SSSR count). The number of pyridine rings is 1. The molecule has 3 aromatic carbocycles. The minimum atomic E-state index is -4.22. The smallest absolute Gasteiger partial charge is 0.408 e. The maximum atomic E-state index is 14.9. The van der Waals surface area contributed by atoms with Crippen molar-refractivity contribution in [3.63, 3.8) is 0 Å². The molecule has 1 aliphatic heterocycles. The van der Waals surface area contributed by atoms with E-state index in [9.17, 15) is 27.6 Å². The average molecular weight is 910 g/mol. The maximum absolute atomic E-state index is 14.9. The van der Waals surface area contributed by atoms with Crippen LogP contribution in [-0.2, 0) is 35.6 Å². The molecule has 15 nitrogen and oxygen atoms in total. The molecule has 346 valence electrons. The SMILES string of the molecule is C=C[C@H]1C[C@@]1(NC(=O)[C@@H]1C[C@@H](Oc2cc(-c3ccccc3)nc3cc(OC)ccc23)CN1C(=O)[C@@H](NC(=O)OC(C)(C)C)C(C)(C)C)C(=O)NS(=O)(=O)C1(Cc2ccc(OC)cc2)CC1. The number of methoxy groups -OCH3 is 2. The molecule has 16 heteroatoms. The van der Waals surface area contributed by atoms with Gasteiger partial charge in [-0.2, -0.15) is 0 Å². The van der Waals surface area contributed by atoms with E-state index in [0.717, 1.165) is 11.1 Å². The number of fused-ring (bicyclic) bond motifs is 1. The molecule has 5 atom stereocenters. The highest BCUT2D eigenvalue weighted by Gasteiger charge is 2.63. The number of aromatic nitrogens is 1. The van der Waals surface area contributed by atoms with Crippen LogP contribution in [0.3, 0.4) is 0 Å². The van der Waals surface area contributed by atoms with E-state index in [1.807, 2.05) is 42.5 Å². The Morgan fingerprint density at radius 2 is 1.58 bits per heavy atom. The average Bonchev–Trinajstić information content (AvgIpc) is 4.16. The summed E-state index contributed by atoms with van der Waals surface area (Å²) in [5.74, 6) is -1.07. The van der Waals surface area contributed by atoms with Gasteiger partial charge in [-0.25, -0.2) is 18.2 Å². The molecule has 4 aromatic rings. The number of carbonyl (C=O) groups excluding carboxylic acids is 4. The standard InChI is InChI=1S/C49H59N5O10S/c1-10-32-28-49(32,44(57)53-65(59,60)48(22-23-48)27-30-16-18-33(61-8)19-17-30)52-42(55)39-25-35(29-54(39)43(56)41(46(2,3)4)51-45(58)64-47(5,6)7)63-40-26-37(31-14-12-11-13-15-31)50-38-24-34(62-9)20-21-36(38)40/h10-21,24,26,32,35,39,41H,1,22-23,25,27-29H2,2-9H3,(H,51,58)(H,52,55)(H,53,57)/t32-,35+,39-,41+,49-/m0/s1. The molecule has 3 N–H and O–H groups in total. The van der Waals surface area contributed by atoms with Crippen molar-refractivity contribution in [2.75, 3.05) is 20.8 Å². The Kier molecular flexibility index (Phi) is 12.7. The summed E-state index contributed by atoms with van der Waals surface area (Å²) in [6, 6.07) is 21.5. The van der Waals surface area contributed by atoms with Crippen LogP contribution in [0.15, 0.2) is 91.5 Å². The Hall–Kier alpha value is -6.16. The fourth-order valence-corrected chi connectivity index (χ4v) is 10.0. The molecular weight excluding hydrogens is 851 g/mol. The van der Waals surface area contributed by atoms with Crippen molar-refractivity contribution in [2.45, 2.75) is 108 Å². The predicted molar refractivity (Wildman–Crippen MR) is 246 cm³/mol. The zero-order valence-corrected chi connectivity index (χ0v) is 39.0. The minimum Gasteiger partial charge on any atom is -0.497 e. The van der Waals surface area contributed by atoms with E-state index in [2.05, 4.69) is 21.9 Å². The van der Waals surface area contributed by atoms with Crippen LogP contribution in [-0.4, -0.2) is 97.0 Å². The van der Waals surface area contributed by atoms with Crippen LogP contribution in [0.25, 0.3) is 22.2 Å². The number of hydrogen-bond donors (Lipinski definition) is 3. The lowest BCUT2D eigenvalue weighted by Crippen LogP contribution is -2.60. The van der Waals surface area contributed by atoms with Gasteiger partial charge in [-0.15, -0.1) is 6.58 Å². The number of alkyl carbamates (subject to hydrolysis) is 1. The second kappa shape index (κ2) is 17.7. The first kappa shape index (κ1) is 46.8. The molecule has 65 heavy (non-hydrogen) atoms. The van der Waals surface area contributed by atoms with Gasteiger partial charge in [0.15, 0.2) is 0 Å². The fraction of sp³-hybridized carbons (Fsp3) is 0.449. The minimum absolute atomic E-state index is 0.0127. The number of benzene rings is 3. The van der Waals surface area contributed by atoms with Gasteiger partial charge in [-0.3, -0.25) is 19.1 Å². The Bertz CT molecular complexity index is 2590. The third-order valence-electron chi connectivity index (χ3n) is 12.3. The van der Waals surface area contributed by atoms with Gasteiger partial charge in [0.1, 0.15) is 46.6 Å². The van der Waals surface area contributed by atoms with E-state index in [0.29, 0.717) is 46.7 Å². The van der Waals surface area contributed by atoms with Gasteiger partial charge in [-0.05, 0) is 81.7 Å². The lowest BCUT2D eigenvalue weighted by Gasteiger charge is -2.36. The van der Waals surface area contributed by atoms with E-state index < -0.39 is 79.2 Å². The van der Waals surface area contributed by atoms with Crippen molar-refractivity contribution in [2.24, 2.45) is 11.3 Å². The molecule has 0 unspecified atom stereocenters. The number of ether oxygens (including phenoxy) is 4. The van der Waals surface area contributed by atoms with Crippen LogP contribution in [0, 0.1) is 11.3 Å². The zero-order chi connectivity index (χ0) is 47.1. The van der Waals surface area contributed by atoms with Crippen LogP contribution in [0.1, 0.15) is 72.8 Å². The normalized spacial score (nSPS) is 21.7. The number of amides is 4. The number of carbonyl (C=O) groups is 4. The van der Waals surface area contributed by atoms with Crippen molar-refractivity contribution in [3.8, 4) is 28.5 Å². The van der Waals surface area contributed by atoms with Crippen molar-refractivity contribution < 1.29 is 46.5 Å². The molecular formula is C49H59N5O10S. The molecule has 4 amide bonds. The summed E-state index contributed by atoms with van der Waals surface area (Å²) in [4.78, 5) is 63.3. The molecule has 1 saturated heterocycles. The van der Waals surface area contributed by atoms with Gasteiger partial charge < -0.3 is 34.5 Å². The number of rotatable bonds is 15. The first-order chi connectivity index (χ1) is 30.6. The number of nitrogens with zero attached hydrogens (tertiary/aromatic N) is 2. The Labute approximate surface area is 380 Å². The van der Waals surface area contributed by atoms with Gasteiger partial charge >= 0.3 is 6.09 Å². The van der Waals surface area contributed by atoms with Gasteiger partial charge in [0.05, 0.1) is 36.7 Å². The molecule has 0 bridgehead atoms. The summed E-state index contributed by atoms with van der Waals surface area (Å²) in [6.45, 7) is 14.3. The topological polar surface area (TPSA) is 192 Å². The largest absolute Gasteiger partial charge is 0.497 e. The first-order valence-corrected chi connectivity index (χ1v) is 23.2. The predicted octanol–water partition coefficient (Wildman–Crippen LogP) is 6.49. The molecule has 0 radical (unpaired) electrons. The molecule has 3 aliphatic rings. The van der Waals surface area contributed by atoms with Gasteiger partial charge in [-0.1, -0.05) is 69.3 Å². The van der Waals surface area contributed by atoms with E-state index >= 15 is 0 Å². The quantitative estimate of drug-likeness (QED) is 0.111. The number of likely N-dealkylation sites (tertiary alicyclic amines) is 1. The van der Waals surface area contributed by atoms with E-state index in [1.54, 1.807) is 92.2 Å². The molecule has 2 aliphatic carbocycles. The summed E-state index contributed by atoms with van der Waals surface area (Å²) in [5.41, 5.74) is -0.539. The lowest BCUT2D eigenvalue weighted by molar-refractivity contribution is -0.143. The first-order valence-electron chi connectivity index (χ1n) is 21.8. The Morgan fingerprint density at radius 3 is 2.17 bits per heavy atom. The van der Waals surface area contributed by atoms with Crippen molar-refractivity contribution in [1.29, 1.82) is 0 Å². The second-order valence-electron chi connectivity index (χ2n) is 19.3. The van der Waals surface area contributed by atoms with Crippen LogP contribution >= 0.6 is 0 Å². The maximum Gasteiger partial charge on any atom is 0.408 e. The summed E-state index contributed by atoms with van der Waals surface area (Å²) < 4.78 is 52.1. The number of sulfonamides is 1. The molecule has 2 heterocycles. The highest BCUT2D eigenvalue weighted by Crippen LogP contribution is 2.49. The molecule has 2 saturated carbocycles. The van der Waals surface area contributed by atoms with Gasteiger partial charge in [0, 0.05) is 35.4 Å². The lowest BCUT2D eigenvalue weighted by atomic mass is 9.85. The summed E-state index contributed by atoms with van der Waals surface area (Å²) in [5, 5.41) is 6.28. The summed E-state index contributed by atoms with van der Waals surface area (Å²) in [6.07, 6.45) is 0.905. The van der Waals surface area contributed by atoms with Crippen molar-refractivity contribution in [1.82, 2.24) is 25.2 Å². The second-order valence-corrected chi connectivity index (χ2v) is 21.4. The van der Waals surface area contributed by atoms with E-state index in [4.69, 9.17) is 23.9 Å².